The number of aromatic nitrogens is 1. The van der Waals surface area contributed by atoms with Crippen LogP contribution in [0.4, 0.5) is 5.82 Å². The van der Waals surface area contributed by atoms with E-state index in [1.165, 1.54) is 0 Å². The fraction of sp³-hybridized carbons (Fsp3) is 0.200. The lowest BCUT2D eigenvalue weighted by molar-refractivity contribution is 0.112. The van der Waals surface area contributed by atoms with Gasteiger partial charge in [-0.25, -0.2) is 4.98 Å². The number of anilines is 1. The predicted molar refractivity (Wildman–Crippen MR) is 74.7 cm³/mol. The van der Waals surface area contributed by atoms with Gasteiger partial charge in [0.25, 0.3) is 0 Å². The van der Waals surface area contributed by atoms with Gasteiger partial charge in [0.15, 0.2) is 6.29 Å². The number of nitrogens with zero attached hydrogens (tertiary/aromatic N) is 2. The van der Waals surface area contributed by atoms with Gasteiger partial charge < -0.3 is 9.64 Å². The zero-order valence-electron chi connectivity index (χ0n) is 11.0. The summed E-state index contributed by atoms with van der Waals surface area (Å²) >= 11 is 0. The number of carbonyl (C=O) groups is 1. The number of methoxy groups -OCH3 is 1. The van der Waals surface area contributed by atoms with Crippen LogP contribution in [0.5, 0.6) is 5.75 Å². The average Bonchev–Trinajstić information content (AvgIpc) is 2.47. The zero-order valence-corrected chi connectivity index (χ0v) is 11.0. The van der Waals surface area contributed by atoms with Crippen LogP contribution in [0.2, 0.25) is 0 Å². The molecule has 4 heteroatoms. The first kappa shape index (κ1) is 13.1. The van der Waals surface area contributed by atoms with Crippen LogP contribution in [0.15, 0.2) is 42.6 Å². The lowest BCUT2D eigenvalue weighted by Gasteiger charge is -2.20. The Morgan fingerprint density at radius 1 is 1.26 bits per heavy atom. The lowest BCUT2D eigenvalue weighted by Crippen LogP contribution is -2.19. The van der Waals surface area contributed by atoms with Crippen LogP contribution < -0.4 is 9.64 Å². The third-order valence-corrected chi connectivity index (χ3v) is 2.91. The Morgan fingerprint density at radius 3 is 2.79 bits per heavy atom. The summed E-state index contributed by atoms with van der Waals surface area (Å²) in [5, 5.41) is 0. The van der Waals surface area contributed by atoms with Crippen LogP contribution in [0.3, 0.4) is 0 Å². The highest BCUT2D eigenvalue weighted by molar-refractivity contribution is 5.82. The van der Waals surface area contributed by atoms with Crippen molar-refractivity contribution in [2.75, 3.05) is 19.1 Å². The molecule has 0 radical (unpaired) electrons. The van der Waals surface area contributed by atoms with Crippen LogP contribution in [0, 0.1) is 0 Å². The van der Waals surface area contributed by atoms with E-state index in [1.807, 2.05) is 36.2 Å². The molecule has 0 N–H and O–H groups in total. The highest BCUT2D eigenvalue weighted by Crippen LogP contribution is 2.22. The first-order valence-electron chi connectivity index (χ1n) is 5.99. The summed E-state index contributed by atoms with van der Waals surface area (Å²) in [5.74, 6) is 1.50. The molecule has 1 aromatic heterocycles. The topological polar surface area (TPSA) is 42.4 Å². The quantitative estimate of drug-likeness (QED) is 0.771. The molecule has 19 heavy (non-hydrogen) atoms. The molecule has 1 heterocycles. The summed E-state index contributed by atoms with van der Waals surface area (Å²) in [6.07, 6.45) is 2.50. The summed E-state index contributed by atoms with van der Waals surface area (Å²) < 4.78 is 5.32. The molecular formula is C15H16N2O2. The number of para-hydroxylation sites is 1. The number of hydrogen-bond acceptors (Lipinski definition) is 4. The summed E-state index contributed by atoms with van der Waals surface area (Å²) in [6.45, 7) is 0.627. The molecule has 4 nitrogen and oxygen atoms in total. The molecule has 0 amide bonds. The second kappa shape index (κ2) is 6.00. The average molecular weight is 256 g/mol. The van der Waals surface area contributed by atoms with E-state index in [4.69, 9.17) is 4.74 Å². The van der Waals surface area contributed by atoms with E-state index < -0.39 is 0 Å². The Labute approximate surface area is 112 Å². The predicted octanol–water partition coefficient (Wildman–Crippen LogP) is 2.54. The minimum atomic E-state index is 0.583. The first-order valence-corrected chi connectivity index (χ1v) is 5.99. The number of hydrogen-bond donors (Lipinski definition) is 0. The van der Waals surface area contributed by atoms with Gasteiger partial charge >= 0.3 is 0 Å². The van der Waals surface area contributed by atoms with Crippen molar-refractivity contribution in [3.63, 3.8) is 0 Å². The van der Waals surface area contributed by atoms with Crippen molar-refractivity contribution in [2.45, 2.75) is 6.54 Å². The smallest absolute Gasteiger partial charge is 0.153 e. The van der Waals surface area contributed by atoms with E-state index in [0.717, 1.165) is 17.6 Å². The molecule has 0 bridgehead atoms. The highest BCUT2D eigenvalue weighted by Gasteiger charge is 2.10. The summed E-state index contributed by atoms with van der Waals surface area (Å²) in [5.41, 5.74) is 1.63. The standard InChI is InChI=1S/C15H16N2O2/c1-17(15-13(11-18)7-5-9-16-15)10-12-6-3-4-8-14(12)19-2/h3-9,11H,10H2,1-2H3. The van der Waals surface area contributed by atoms with E-state index in [1.54, 1.807) is 25.4 Å². The largest absolute Gasteiger partial charge is 0.496 e. The number of benzene rings is 1. The van der Waals surface area contributed by atoms with Crippen LogP contribution >= 0.6 is 0 Å². The lowest BCUT2D eigenvalue weighted by atomic mass is 10.2. The molecule has 98 valence electrons. The molecule has 0 fully saturated rings. The molecule has 0 atom stereocenters. The normalized spacial score (nSPS) is 10.0. The van der Waals surface area contributed by atoms with Crippen LogP contribution in [-0.4, -0.2) is 25.4 Å². The maximum atomic E-state index is 11.0. The Bertz CT molecular complexity index is 570. The number of aldehydes is 1. The maximum Gasteiger partial charge on any atom is 0.153 e. The molecule has 0 spiro atoms. The minimum Gasteiger partial charge on any atom is -0.496 e. The van der Waals surface area contributed by atoms with Gasteiger partial charge in [0, 0.05) is 25.4 Å². The number of carbonyl (C=O) groups excluding carboxylic acids is 1. The number of rotatable bonds is 5. The van der Waals surface area contributed by atoms with E-state index in [-0.39, 0.29) is 0 Å². The third-order valence-electron chi connectivity index (χ3n) is 2.91. The van der Waals surface area contributed by atoms with E-state index in [9.17, 15) is 4.79 Å². The monoisotopic (exact) mass is 256 g/mol. The second-order valence-electron chi connectivity index (χ2n) is 4.20. The van der Waals surface area contributed by atoms with Crippen molar-refractivity contribution in [1.29, 1.82) is 0 Å². The number of ether oxygens (including phenoxy) is 1. The maximum absolute atomic E-state index is 11.0. The summed E-state index contributed by atoms with van der Waals surface area (Å²) in [6, 6.07) is 11.3. The molecule has 0 aliphatic rings. The van der Waals surface area contributed by atoms with Crippen molar-refractivity contribution in [3.8, 4) is 5.75 Å². The van der Waals surface area contributed by atoms with Crippen LogP contribution in [-0.2, 0) is 6.54 Å². The fourth-order valence-corrected chi connectivity index (χ4v) is 1.98. The third kappa shape index (κ3) is 2.91. The van der Waals surface area contributed by atoms with Crippen molar-refractivity contribution in [3.05, 3.63) is 53.7 Å². The summed E-state index contributed by atoms with van der Waals surface area (Å²) in [7, 11) is 3.55. The first-order chi connectivity index (χ1) is 9.26. The van der Waals surface area contributed by atoms with E-state index >= 15 is 0 Å². The van der Waals surface area contributed by atoms with Crippen LogP contribution in [0.1, 0.15) is 15.9 Å². The van der Waals surface area contributed by atoms with Gasteiger partial charge in [-0.1, -0.05) is 18.2 Å². The van der Waals surface area contributed by atoms with Crippen molar-refractivity contribution in [2.24, 2.45) is 0 Å². The zero-order chi connectivity index (χ0) is 13.7. The Kier molecular flexibility index (Phi) is 4.13. The molecule has 0 saturated heterocycles. The Balaban J connectivity index is 2.25. The SMILES string of the molecule is COc1ccccc1CN(C)c1ncccc1C=O. The van der Waals surface area contributed by atoms with Gasteiger partial charge in [-0.2, -0.15) is 0 Å². The number of pyridine rings is 1. The minimum absolute atomic E-state index is 0.583. The van der Waals surface area contributed by atoms with Crippen molar-refractivity contribution >= 4 is 12.1 Å². The Hall–Kier alpha value is -2.36. The highest BCUT2D eigenvalue weighted by atomic mass is 16.5. The molecule has 1 aromatic carbocycles. The molecule has 0 saturated carbocycles. The Morgan fingerprint density at radius 2 is 2.05 bits per heavy atom. The molecular weight excluding hydrogens is 240 g/mol. The van der Waals surface area contributed by atoms with Gasteiger partial charge in [0.2, 0.25) is 0 Å². The van der Waals surface area contributed by atoms with E-state index in [2.05, 4.69) is 4.98 Å². The molecule has 0 aliphatic heterocycles. The van der Waals surface area contributed by atoms with E-state index in [0.29, 0.717) is 17.9 Å². The van der Waals surface area contributed by atoms with Gasteiger partial charge in [-0.05, 0) is 18.2 Å². The van der Waals surface area contributed by atoms with Gasteiger partial charge in [-0.3, -0.25) is 4.79 Å². The van der Waals surface area contributed by atoms with Crippen LogP contribution in [0.25, 0.3) is 0 Å². The molecule has 0 aliphatic carbocycles. The molecule has 2 aromatic rings. The van der Waals surface area contributed by atoms with Crippen molar-refractivity contribution in [1.82, 2.24) is 4.98 Å². The summed E-state index contributed by atoms with van der Waals surface area (Å²) in [4.78, 5) is 17.2. The van der Waals surface area contributed by atoms with Gasteiger partial charge in [0.05, 0.1) is 12.7 Å². The van der Waals surface area contributed by atoms with Crippen molar-refractivity contribution < 1.29 is 9.53 Å². The van der Waals surface area contributed by atoms with Gasteiger partial charge in [-0.15, -0.1) is 0 Å². The fourth-order valence-electron chi connectivity index (χ4n) is 1.98. The molecule has 0 unspecified atom stereocenters. The van der Waals surface area contributed by atoms with Gasteiger partial charge in [0.1, 0.15) is 11.6 Å². The second-order valence-corrected chi connectivity index (χ2v) is 4.20. The molecule has 2 rings (SSSR count).